The zero-order valence-corrected chi connectivity index (χ0v) is 5.17. The minimum atomic E-state index is -0.0532. The van der Waals surface area contributed by atoms with Crippen molar-refractivity contribution in [2.24, 2.45) is 0 Å². The molecule has 2 heteroatoms. The van der Waals surface area contributed by atoms with Gasteiger partial charge in [-0.05, 0) is 18.9 Å². The molecule has 0 aromatic carbocycles. The van der Waals surface area contributed by atoms with Gasteiger partial charge in [0.1, 0.15) is 5.76 Å². The van der Waals surface area contributed by atoms with Crippen LogP contribution in [0.5, 0.6) is 0 Å². The highest BCUT2D eigenvalue weighted by atomic mass is 16.3. The molecule has 0 atom stereocenters. The summed E-state index contributed by atoms with van der Waals surface area (Å²) in [5.74, 6) is 0.240. The Morgan fingerprint density at radius 1 is 1.33 bits per heavy atom. The second-order valence-electron chi connectivity index (χ2n) is 2.05. The van der Waals surface area contributed by atoms with Gasteiger partial charge < -0.3 is 10.2 Å². The number of aliphatic hydroxyl groups excluding tert-OH is 2. The molecule has 0 heterocycles. The molecule has 9 heavy (non-hydrogen) atoms. The van der Waals surface area contributed by atoms with Crippen molar-refractivity contribution in [3.8, 4) is 0 Å². The van der Waals surface area contributed by atoms with Crippen molar-refractivity contribution in [3.63, 3.8) is 0 Å². The van der Waals surface area contributed by atoms with Crippen LogP contribution in [-0.4, -0.2) is 16.8 Å². The summed E-state index contributed by atoms with van der Waals surface area (Å²) in [6.45, 7) is -0.0532. The molecule has 0 aromatic heterocycles. The largest absolute Gasteiger partial charge is 0.508 e. The summed E-state index contributed by atoms with van der Waals surface area (Å²) >= 11 is 0. The number of rotatable bonds is 1. The zero-order valence-electron chi connectivity index (χ0n) is 5.17. The maximum Gasteiger partial charge on any atom is 0.116 e. The highest BCUT2D eigenvalue weighted by molar-refractivity contribution is 5.27. The fraction of sp³-hybridized carbons (Fsp3) is 0.429. The molecule has 0 fully saturated rings. The van der Waals surface area contributed by atoms with E-state index in [0.717, 1.165) is 12.8 Å². The summed E-state index contributed by atoms with van der Waals surface area (Å²) in [4.78, 5) is 0. The van der Waals surface area contributed by atoms with Gasteiger partial charge >= 0.3 is 0 Å². The van der Waals surface area contributed by atoms with Gasteiger partial charge in [0.2, 0.25) is 0 Å². The Balaban J connectivity index is 2.68. The monoisotopic (exact) mass is 126 g/mol. The van der Waals surface area contributed by atoms with E-state index in [0.29, 0.717) is 5.57 Å². The Hall–Kier alpha value is -0.760. The van der Waals surface area contributed by atoms with Crippen molar-refractivity contribution in [1.29, 1.82) is 0 Å². The lowest BCUT2D eigenvalue weighted by atomic mass is 10.1. The molecule has 2 N–H and O–H groups in total. The van der Waals surface area contributed by atoms with Crippen molar-refractivity contribution < 1.29 is 10.2 Å². The van der Waals surface area contributed by atoms with Crippen LogP contribution in [-0.2, 0) is 0 Å². The molecule has 50 valence electrons. The van der Waals surface area contributed by atoms with Crippen LogP contribution >= 0.6 is 0 Å². The smallest absolute Gasteiger partial charge is 0.116 e. The molecule has 1 aliphatic carbocycles. The summed E-state index contributed by atoms with van der Waals surface area (Å²) in [6, 6.07) is 0. The van der Waals surface area contributed by atoms with E-state index < -0.39 is 0 Å². The second-order valence-corrected chi connectivity index (χ2v) is 2.05. The highest BCUT2D eigenvalue weighted by Crippen LogP contribution is 2.14. The van der Waals surface area contributed by atoms with Crippen LogP contribution in [0, 0.1) is 0 Å². The summed E-state index contributed by atoms with van der Waals surface area (Å²) in [5, 5.41) is 17.6. The number of hydrogen-bond acceptors (Lipinski definition) is 2. The van der Waals surface area contributed by atoms with Gasteiger partial charge in [0.05, 0.1) is 6.61 Å². The minimum Gasteiger partial charge on any atom is -0.508 e. The first kappa shape index (κ1) is 6.36. The van der Waals surface area contributed by atoms with Crippen LogP contribution in [0.1, 0.15) is 12.8 Å². The van der Waals surface area contributed by atoms with Gasteiger partial charge in [-0.15, -0.1) is 0 Å². The number of allylic oxidation sites excluding steroid dienone is 2. The molecule has 1 aliphatic rings. The molecule has 0 aromatic rings. The fourth-order valence-corrected chi connectivity index (χ4v) is 0.859. The van der Waals surface area contributed by atoms with Crippen molar-refractivity contribution in [2.45, 2.75) is 12.8 Å². The standard InChI is InChI=1S/C7H10O2/c8-5-6-3-1-2-4-7(6)9/h3-4,8-9H,1-2,5H2. The maximum absolute atomic E-state index is 9.00. The van der Waals surface area contributed by atoms with Gasteiger partial charge in [-0.25, -0.2) is 0 Å². The Kier molecular flexibility index (Phi) is 1.90. The first-order valence-corrected chi connectivity index (χ1v) is 3.04. The van der Waals surface area contributed by atoms with Crippen LogP contribution in [0.15, 0.2) is 23.5 Å². The van der Waals surface area contributed by atoms with Crippen LogP contribution in [0.4, 0.5) is 0 Å². The van der Waals surface area contributed by atoms with E-state index in [-0.39, 0.29) is 12.4 Å². The van der Waals surface area contributed by atoms with Crippen molar-refractivity contribution in [1.82, 2.24) is 0 Å². The highest BCUT2D eigenvalue weighted by Gasteiger charge is 2.03. The first-order valence-electron chi connectivity index (χ1n) is 3.04. The third-order valence-electron chi connectivity index (χ3n) is 1.39. The van der Waals surface area contributed by atoms with Crippen molar-refractivity contribution in [2.75, 3.05) is 6.61 Å². The Morgan fingerprint density at radius 3 is 2.44 bits per heavy atom. The SMILES string of the molecule is OCC1=CCCC=C1O. The molecule has 1 rings (SSSR count). The molecule has 0 bridgehead atoms. The van der Waals surface area contributed by atoms with E-state index in [2.05, 4.69) is 0 Å². The van der Waals surface area contributed by atoms with Crippen LogP contribution < -0.4 is 0 Å². The van der Waals surface area contributed by atoms with Crippen LogP contribution in [0.3, 0.4) is 0 Å². The summed E-state index contributed by atoms with van der Waals surface area (Å²) in [7, 11) is 0. The third-order valence-corrected chi connectivity index (χ3v) is 1.39. The molecule has 0 saturated heterocycles. The van der Waals surface area contributed by atoms with E-state index >= 15 is 0 Å². The van der Waals surface area contributed by atoms with E-state index in [1.165, 1.54) is 0 Å². The van der Waals surface area contributed by atoms with Crippen molar-refractivity contribution >= 4 is 0 Å². The third kappa shape index (κ3) is 1.33. The van der Waals surface area contributed by atoms with Gasteiger partial charge in [-0.2, -0.15) is 0 Å². The van der Waals surface area contributed by atoms with Gasteiger partial charge in [0.25, 0.3) is 0 Å². The van der Waals surface area contributed by atoms with E-state index in [9.17, 15) is 0 Å². The lowest BCUT2D eigenvalue weighted by Gasteiger charge is -2.06. The maximum atomic E-state index is 9.00. The van der Waals surface area contributed by atoms with Gasteiger partial charge in [-0.3, -0.25) is 0 Å². The number of hydrogen-bond donors (Lipinski definition) is 2. The van der Waals surface area contributed by atoms with Crippen molar-refractivity contribution in [3.05, 3.63) is 23.5 Å². The Labute approximate surface area is 54.1 Å². The predicted octanol–water partition coefficient (Wildman–Crippen LogP) is 1.14. The molecule has 0 spiro atoms. The predicted molar refractivity (Wildman–Crippen MR) is 35.1 cm³/mol. The zero-order chi connectivity index (χ0) is 6.69. The number of aliphatic hydroxyl groups is 2. The molecule has 0 saturated carbocycles. The molecule has 0 aliphatic heterocycles. The summed E-state index contributed by atoms with van der Waals surface area (Å²) in [6.07, 6.45) is 5.40. The molecule has 0 amide bonds. The Morgan fingerprint density at radius 2 is 2.00 bits per heavy atom. The summed E-state index contributed by atoms with van der Waals surface area (Å²) < 4.78 is 0. The quantitative estimate of drug-likeness (QED) is 0.553. The Bertz CT molecular complexity index is 156. The fourth-order valence-electron chi connectivity index (χ4n) is 0.859. The average Bonchev–Trinajstić information content (AvgIpc) is 1.89. The molecular weight excluding hydrogens is 116 g/mol. The van der Waals surface area contributed by atoms with Crippen LogP contribution in [0.2, 0.25) is 0 Å². The van der Waals surface area contributed by atoms with Gasteiger partial charge in [0, 0.05) is 5.57 Å². The normalized spacial score (nSPS) is 18.8. The van der Waals surface area contributed by atoms with Gasteiger partial charge in [0.15, 0.2) is 0 Å². The molecular formula is C7H10O2. The minimum absolute atomic E-state index is 0.0532. The topological polar surface area (TPSA) is 40.5 Å². The average molecular weight is 126 g/mol. The first-order chi connectivity index (χ1) is 4.34. The van der Waals surface area contributed by atoms with Gasteiger partial charge in [-0.1, -0.05) is 6.08 Å². The van der Waals surface area contributed by atoms with E-state index in [1.807, 2.05) is 6.08 Å². The molecule has 0 unspecified atom stereocenters. The molecule has 0 radical (unpaired) electrons. The summed E-state index contributed by atoms with van der Waals surface area (Å²) in [5.41, 5.74) is 0.654. The molecule has 2 nitrogen and oxygen atoms in total. The van der Waals surface area contributed by atoms with Crippen LogP contribution in [0.25, 0.3) is 0 Å². The second kappa shape index (κ2) is 2.69. The van der Waals surface area contributed by atoms with E-state index in [1.54, 1.807) is 6.08 Å². The van der Waals surface area contributed by atoms with E-state index in [4.69, 9.17) is 10.2 Å². The lowest BCUT2D eigenvalue weighted by molar-refractivity contribution is 0.311. The lowest BCUT2D eigenvalue weighted by Crippen LogP contribution is -1.98.